The number of thioether (sulfide) groups is 1. The predicted octanol–water partition coefficient (Wildman–Crippen LogP) is 2.14. The maximum absolute atomic E-state index is 14.9. The van der Waals surface area contributed by atoms with Crippen LogP contribution < -0.4 is 10.9 Å². The number of nitrogens with zero attached hydrogens (tertiary/aromatic N) is 2. The lowest BCUT2D eigenvalue weighted by atomic mass is 9.79. The number of hydrogen-bond acceptors (Lipinski definition) is 8. The second-order valence-electron chi connectivity index (χ2n) is 10.1. The highest BCUT2D eigenvalue weighted by molar-refractivity contribution is 7.99. The number of halogens is 1. The number of aromatic nitrogens is 2. The molecule has 0 bridgehead atoms. The number of carbonyl (C=O) groups is 2. The quantitative estimate of drug-likeness (QED) is 0.341. The van der Waals surface area contributed by atoms with Crippen molar-refractivity contribution in [3.05, 3.63) is 56.1 Å². The van der Waals surface area contributed by atoms with Crippen LogP contribution in [-0.2, 0) is 27.5 Å². The molecule has 4 aliphatic rings. The number of aliphatic hydroxyl groups excluding tert-OH is 1. The first-order valence-corrected chi connectivity index (χ1v) is 13.1. The van der Waals surface area contributed by atoms with Crippen molar-refractivity contribution >= 4 is 34.5 Å². The molecule has 1 saturated carbocycles. The zero-order chi connectivity index (χ0) is 25.8. The molecule has 37 heavy (non-hydrogen) atoms. The summed E-state index contributed by atoms with van der Waals surface area (Å²) in [5.74, 6) is -1.24. The average molecular weight is 524 g/mol. The Morgan fingerprint density at radius 3 is 2.81 bits per heavy atom. The standard InChI is InChI=1S/C26H22FN3O6S/c1-10-14(27)6-15-19-18(16(9-37-22(10)19)29-25(34)26(35)3-2-4-26)12-7-30-17(20(12)28-15)5-11-13(23(30)32)8-36-24(33)21(11)31/h5-6,16,21,31,35H,2-4,7-9H2,1H3,(H,29,34). The smallest absolute Gasteiger partial charge is 0.340 e. The highest BCUT2D eigenvalue weighted by Crippen LogP contribution is 2.48. The molecule has 0 spiro atoms. The van der Waals surface area contributed by atoms with Crippen molar-refractivity contribution < 1.29 is 28.9 Å². The summed E-state index contributed by atoms with van der Waals surface area (Å²) in [4.78, 5) is 43.9. The molecule has 1 aromatic carbocycles. The van der Waals surface area contributed by atoms with Crippen LogP contribution in [-0.4, -0.2) is 43.0 Å². The highest BCUT2D eigenvalue weighted by atomic mass is 32.2. The van der Waals surface area contributed by atoms with Crippen LogP contribution in [0, 0.1) is 12.7 Å². The van der Waals surface area contributed by atoms with Gasteiger partial charge in [0.1, 0.15) is 18.0 Å². The van der Waals surface area contributed by atoms with Crippen LogP contribution in [0.2, 0.25) is 0 Å². The third kappa shape index (κ3) is 3.04. The SMILES string of the molecule is Cc1c(F)cc2nc3c(c4c2c1SCC4NC(=O)C1(O)CCC1)Cn1c-3cc2c(c1=O)COC(=O)C2O. The normalized spacial score (nSPS) is 22.5. The number of benzene rings is 1. The number of carbonyl (C=O) groups excluding carboxylic acids is 2. The monoisotopic (exact) mass is 523 g/mol. The molecule has 0 saturated heterocycles. The van der Waals surface area contributed by atoms with Crippen molar-refractivity contribution in [2.24, 2.45) is 0 Å². The molecule has 3 aromatic rings. The van der Waals surface area contributed by atoms with Crippen LogP contribution in [0.3, 0.4) is 0 Å². The van der Waals surface area contributed by atoms with Gasteiger partial charge in [0.15, 0.2) is 6.10 Å². The summed E-state index contributed by atoms with van der Waals surface area (Å²) >= 11 is 1.43. The number of cyclic esters (lactones) is 1. The average Bonchev–Trinajstić information content (AvgIpc) is 3.22. The summed E-state index contributed by atoms with van der Waals surface area (Å²) in [5.41, 5.74) is 1.80. The fraction of sp³-hybridized carbons (Fsp3) is 0.385. The van der Waals surface area contributed by atoms with Gasteiger partial charge in [-0.05, 0) is 43.4 Å². The van der Waals surface area contributed by atoms with E-state index in [4.69, 9.17) is 9.72 Å². The van der Waals surface area contributed by atoms with Crippen molar-refractivity contribution in [3.8, 4) is 11.4 Å². The van der Waals surface area contributed by atoms with E-state index in [1.807, 2.05) is 0 Å². The van der Waals surface area contributed by atoms with Gasteiger partial charge >= 0.3 is 5.97 Å². The topological polar surface area (TPSA) is 131 Å². The Kier molecular flexibility index (Phi) is 4.71. The van der Waals surface area contributed by atoms with Crippen molar-refractivity contribution in [1.82, 2.24) is 14.9 Å². The molecule has 2 aromatic heterocycles. The molecule has 2 unspecified atom stereocenters. The number of rotatable bonds is 2. The zero-order valence-electron chi connectivity index (χ0n) is 19.8. The summed E-state index contributed by atoms with van der Waals surface area (Å²) < 4.78 is 21.4. The fourth-order valence-corrected chi connectivity index (χ4v) is 7.07. The summed E-state index contributed by atoms with van der Waals surface area (Å²) in [6.45, 7) is 1.64. The largest absolute Gasteiger partial charge is 0.458 e. The molecule has 3 N–H and O–H groups in total. The second-order valence-corrected chi connectivity index (χ2v) is 11.2. The van der Waals surface area contributed by atoms with Gasteiger partial charge < -0.3 is 24.8 Å². The predicted molar refractivity (Wildman–Crippen MR) is 130 cm³/mol. The van der Waals surface area contributed by atoms with Crippen molar-refractivity contribution in [2.75, 3.05) is 5.75 Å². The Bertz CT molecular complexity index is 1650. The molecule has 1 fully saturated rings. The molecule has 190 valence electrons. The van der Waals surface area contributed by atoms with Crippen molar-refractivity contribution in [3.63, 3.8) is 0 Å². The summed E-state index contributed by atoms with van der Waals surface area (Å²) in [7, 11) is 0. The Morgan fingerprint density at radius 1 is 1.30 bits per heavy atom. The molecular weight excluding hydrogens is 501 g/mol. The van der Waals surface area contributed by atoms with Crippen LogP contribution in [0.5, 0.6) is 0 Å². The van der Waals surface area contributed by atoms with E-state index < -0.39 is 41.0 Å². The van der Waals surface area contributed by atoms with Gasteiger partial charge in [-0.15, -0.1) is 11.8 Å². The number of aliphatic hydroxyl groups is 2. The van der Waals surface area contributed by atoms with Gasteiger partial charge in [-0.3, -0.25) is 9.59 Å². The van der Waals surface area contributed by atoms with Crippen LogP contribution in [0.1, 0.15) is 59.2 Å². The number of hydrogen-bond donors (Lipinski definition) is 3. The van der Waals surface area contributed by atoms with Gasteiger partial charge in [0.05, 0.1) is 35.1 Å². The minimum Gasteiger partial charge on any atom is -0.458 e. The summed E-state index contributed by atoms with van der Waals surface area (Å²) in [6, 6.07) is 2.44. The number of amides is 1. The van der Waals surface area contributed by atoms with Gasteiger partial charge in [-0.1, -0.05) is 0 Å². The lowest BCUT2D eigenvalue weighted by molar-refractivity contribution is -0.157. The highest BCUT2D eigenvalue weighted by Gasteiger charge is 2.44. The molecule has 1 amide bonds. The minimum atomic E-state index is -1.58. The molecular formula is C26H22FN3O6S. The molecule has 0 radical (unpaired) electrons. The van der Waals surface area contributed by atoms with E-state index >= 15 is 0 Å². The first kappa shape index (κ1) is 22.9. The molecule has 2 atom stereocenters. The van der Waals surface area contributed by atoms with E-state index in [9.17, 15) is 29.0 Å². The van der Waals surface area contributed by atoms with Crippen LogP contribution in [0.4, 0.5) is 4.39 Å². The number of fused-ring (bicyclic) bond motifs is 5. The third-order valence-corrected chi connectivity index (χ3v) is 9.38. The van der Waals surface area contributed by atoms with Crippen molar-refractivity contribution in [1.29, 1.82) is 0 Å². The number of ether oxygens (including phenoxy) is 1. The maximum atomic E-state index is 14.9. The van der Waals surface area contributed by atoms with E-state index in [0.717, 1.165) is 22.3 Å². The Labute approximate surface area is 213 Å². The van der Waals surface area contributed by atoms with Gasteiger partial charge in [0.25, 0.3) is 11.5 Å². The van der Waals surface area contributed by atoms with Gasteiger partial charge in [-0.2, -0.15) is 0 Å². The Balaban J connectivity index is 1.46. The first-order chi connectivity index (χ1) is 17.7. The van der Waals surface area contributed by atoms with Gasteiger partial charge in [-0.25, -0.2) is 14.2 Å². The van der Waals surface area contributed by atoms with E-state index in [0.29, 0.717) is 46.6 Å². The molecule has 11 heteroatoms. The summed E-state index contributed by atoms with van der Waals surface area (Å²) in [5, 5.41) is 24.8. The fourth-order valence-electron chi connectivity index (χ4n) is 5.82. The zero-order valence-corrected chi connectivity index (χ0v) is 20.6. The lowest BCUT2D eigenvalue weighted by Gasteiger charge is -2.37. The number of nitrogens with one attached hydrogen (secondary N) is 1. The number of esters is 1. The van der Waals surface area contributed by atoms with Gasteiger partial charge in [0, 0.05) is 33.2 Å². The van der Waals surface area contributed by atoms with E-state index in [-0.39, 0.29) is 24.3 Å². The second kappa shape index (κ2) is 7.62. The lowest BCUT2D eigenvalue weighted by Crippen LogP contribution is -2.53. The maximum Gasteiger partial charge on any atom is 0.340 e. The molecule has 9 nitrogen and oxygen atoms in total. The van der Waals surface area contributed by atoms with Crippen LogP contribution in [0.15, 0.2) is 21.8 Å². The molecule has 1 aliphatic carbocycles. The Hall–Kier alpha value is -3.28. The van der Waals surface area contributed by atoms with E-state index in [1.165, 1.54) is 22.4 Å². The molecule has 7 rings (SSSR count). The van der Waals surface area contributed by atoms with Crippen LogP contribution in [0.25, 0.3) is 22.3 Å². The minimum absolute atomic E-state index is 0.163. The summed E-state index contributed by atoms with van der Waals surface area (Å²) in [6.07, 6.45) is 0.00176. The number of pyridine rings is 2. The van der Waals surface area contributed by atoms with Crippen molar-refractivity contribution in [2.45, 2.75) is 62.0 Å². The molecule has 3 aliphatic heterocycles. The van der Waals surface area contributed by atoms with E-state index in [2.05, 4.69) is 5.32 Å². The Morgan fingerprint density at radius 2 is 2.08 bits per heavy atom. The van der Waals surface area contributed by atoms with Crippen LogP contribution >= 0.6 is 11.8 Å². The third-order valence-electron chi connectivity index (χ3n) is 8.08. The van der Waals surface area contributed by atoms with Gasteiger partial charge in [0.2, 0.25) is 0 Å². The molecule has 5 heterocycles. The van der Waals surface area contributed by atoms with E-state index in [1.54, 1.807) is 13.0 Å². The first-order valence-electron chi connectivity index (χ1n) is 12.1.